The zero-order valence-electron chi connectivity index (χ0n) is 13.1. The lowest BCUT2D eigenvalue weighted by atomic mass is 10.1. The van der Waals surface area contributed by atoms with Crippen LogP contribution in [0.1, 0.15) is 11.1 Å². The summed E-state index contributed by atoms with van der Waals surface area (Å²) in [5, 5.41) is 0.766. The fourth-order valence-electron chi connectivity index (χ4n) is 1.91. The van der Waals surface area contributed by atoms with Crippen LogP contribution in [-0.4, -0.2) is 20.5 Å². The lowest BCUT2D eigenvalue weighted by Crippen LogP contribution is -2.06. The second kappa shape index (κ2) is 8.34. The highest BCUT2D eigenvalue weighted by atomic mass is 35.5. The highest BCUT2D eigenvalue weighted by Gasteiger charge is 2.07. The molecule has 0 aromatic heterocycles. The van der Waals surface area contributed by atoms with Crippen LogP contribution in [0.3, 0.4) is 0 Å². The highest BCUT2D eigenvalue weighted by molar-refractivity contribution is 7.86. The van der Waals surface area contributed by atoms with E-state index in [0.29, 0.717) is 21.2 Å². The summed E-state index contributed by atoms with van der Waals surface area (Å²) < 4.78 is 27.4. The SMILES string of the molecule is CS(=O)(=O)Oc1ccccc1/C=C/C(=O)/C=C/c1cccc(Cl)c1Cl. The molecule has 7 heteroatoms. The van der Waals surface area contributed by atoms with Gasteiger partial charge < -0.3 is 4.18 Å². The van der Waals surface area contributed by atoms with E-state index in [1.54, 1.807) is 42.5 Å². The van der Waals surface area contributed by atoms with Crippen molar-refractivity contribution in [2.24, 2.45) is 0 Å². The molecule has 0 N–H and O–H groups in total. The third kappa shape index (κ3) is 6.05. The van der Waals surface area contributed by atoms with Gasteiger partial charge in [0.05, 0.1) is 16.3 Å². The molecule has 0 amide bonds. The standard InChI is InChI=1S/C18H14Cl2O4S/c1-25(22,23)24-17-8-3-2-5-13(17)9-11-15(21)12-10-14-6-4-7-16(19)18(14)20/h2-12H,1H3/b11-9+,12-10+. The van der Waals surface area contributed by atoms with Crippen molar-refractivity contribution >= 4 is 51.3 Å². The van der Waals surface area contributed by atoms with Gasteiger partial charge in [0.2, 0.25) is 0 Å². The Morgan fingerprint density at radius 2 is 1.56 bits per heavy atom. The van der Waals surface area contributed by atoms with Gasteiger partial charge in [0.25, 0.3) is 0 Å². The maximum atomic E-state index is 12.0. The van der Waals surface area contributed by atoms with Crippen molar-refractivity contribution in [2.75, 3.05) is 6.26 Å². The summed E-state index contributed by atoms with van der Waals surface area (Å²) in [5.74, 6) is -0.152. The van der Waals surface area contributed by atoms with Gasteiger partial charge in [-0.15, -0.1) is 0 Å². The van der Waals surface area contributed by atoms with E-state index in [2.05, 4.69) is 0 Å². The number of allylic oxidation sites excluding steroid dienone is 2. The Bertz CT molecular complexity index is 947. The van der Waals surface area contributed by atoms with Gasteiger partial charge in [0.15, 0.2) is 5.78 Å². The van der Waals surface area contributed by atoms with E-state index >= 15 is 0 Å². The quantitative estimate of drug-likeness (QED) is 0.527. The lowest BCUT2D eigenvalue weighted by Gasteiger charge is -2.05. The highest BCUT2D eigenvalue weighted by Crippen LogP contribution is 2.26. The molecule has 2 aromatic carbocycles. The van der Waals surface area contributed by atoms with E-state index in [0.717, 1.165) is 6.26 Å². The Labute approximate surface area is 156 Å². The van der Waals surface area contributed by atoms with Crippen molar-refractivity contribution in [3.8, 4) is 5.75 Å². The molecule has 0 spiro atoms. The van der Waals surface area contributed by atoms with Gasteiger partial charge in [-0.05, 0) is 42.0 Å². The lowest BCUT2D eigenvalue weighted by molar-refractivity contribution is -0.110. The number of hydrogen-bond acceptors (Lipinski definition) is 4. The van der Waals surface area contributed by atoms with Crippen LogP contribution in [0.4, 0.5) is 0 Å². The smallest absolute Gasteiger partial charge is 0.306 e. The first-order chi connectivity index (χ1) is 11.8. The fourth-order valence-corrected chi connectivity index (χ4v) is 2.75. The molecule has 2 aromatic rings. The van der Waals surface area contributed by atoms with Crippen LogP contribution >= 0.6 is 23.2 Å². The molecule has 0 fully saturated rings. The molecule has 0 bridgehead atoms. The zero-order chi connectivity index (χ0) is 18.4. The van der Waals surface area contributed by atoms with Crippen molar-refractivity contribution in [3.05, 3.63) is 75.8 Å². The van der Waals surface area contributed by atoms with E-state index in [9.17, 15) is 13.2 Å². The largest absolute Gasteiger partial charge is 0.382 e. The normalized spacial score (nSPS) is 12.0. The van der Waals surface area contributed by atoms with Crippen LogP contribution in [0.5, 0.6) is 5.75 Å². The topological polar surface area (TPSA) is 60.4 Å². The molecule has 0 aliphatic rings. The molecule has 0 atom stereocenters. The number of benzene rings is 2. The summed E-state index contributed by atoms with van der Waals surface area (Å²) in [6.45, 7) is 0. The Morgan fingerprint density at radius 3 is 2.24 bits per heavy atom. The van der Waals surface area contributed by atoms with Gasteiger partial charge in [-0.25, -0.2) is 0 Å². The van der Waals surface area contributed by atoms with Crippen LogP contribution in [0.2, 0.25) is 10.0 Å². The van der Waals surface area contributed by atoms with E-state index in [-0.39, 0.29) is 11.5 Å². The Kier molecular flexibility index (Phi) is 6.42. The van der Waals surface area contributed by atoms with Gasteiger partial charge in [-0.2, -0.15) is 8.42 Å². The second-order valence-corrected chi connectivity index (χ2v) is 7.40. The predicted octanol–water partition coefficient (Wildman–Crippen LogP) is 4.63. The number of carbonyl (C=O) groups is 1. The number of para-hydroxylation sites is 1. The summed E-state index contributed by atoms with van der Waals surface area (Å²) in [6, 6.07) is 11.6. The van der Waals surface area contributed by atoms with Crippen molar-refractivity contribution in [1.29, 1.82) is 0 Å². The number of carbonyl (C=O) groups excluding carboxylic acids is 1. The molecule has 2 rings (SSSR count). The monoisotopic (exact) mass is 396 g/mol. The first-order valence-corrected chi connectivity index (χ1v) is 9.66. The summed E-state index contributed by atoms with van der Waals surface area (Å²) in [5.41, 5.74) is 1.09. The van der Waals surface area contributed by atoms with E-state index in [1.807, 2.05) is 0 Å². The summed E-state index contributed by atoms with van der Waals surface area (Å²) in [4.78, 5) is 12.0. The van der Waals surface area contributed by atoms with Gasteiger partial charge in [0.1, 0.15) is 5.75 Å². The first kappa shape index (κ1) is 19.2. The van der Waals surface area contributed by atoms with Crippen molar-refractivity contribution < 1.29 is 17.4 Å². The fraction of sp³-hybridized carbons (Fsp3) is 0.0556. The van der Waals surface area contributed by atoms with Crippen molar-refractivity contribution in [2.45, 2.75) is 0 Å². The van der Waals surface area contributed by atoms with Crippen molar-refractivity contribution in [3.63, 3.8) is 0 Å². The molecule has 0 heterocycles. The van der Waals surface area contributed by atoms with Crippen LogP contribution in [-0.2, 0) is 14.9 Å². The molecule has 0 saturated carbocycles. The molecule has 0 unspecified atom stereocenters. The Hall–Kier alpha value is -2.08. The number of hydrogen-bond donors (Lipinski definition) is 0. The summed E-state index contributed by atoms with van der Waals surface area (Å²) in [7, 11) is -3.65. The van der Waals surface area contributed by atoms with E-state index < -0.39 is 10.1 Å². The number of rotatable bonds is 6. The molecular formula is C18H14Cl2O4S. The molecule has 0 aliphatic carbocycles. The Balaban J connectivity index is 2.16. The van der Waals surface area contributed by atoms with Crippen LogP contribution in [0, 0.1) is 0 Å². The molecule has 0 saturated heterocycles. The molecular weight excluding hydrogens is 383 g/mol. The molecule has 0 aliphatic heterocycles. The average Bonchev–Trinajstić information content (AvgIpc) is 2.54. The van der Waals surface area contributed by atoms with Gasteiger partial charge in [-0.1, -0.05) is 53.5 Å². The average molecular weight is 397 g/mol. The maximum Gasteiger partial charge on any atom is 0.306 e. The minimum atomic E-state index is -3.65. The maximum absolute atomic E-state index is 12.0. The predicted molar refractivity (Wildman–Crippen MR) is 101 cm³/mol. The van der Waals surface area contributed by atoms with E-state index in [4.69, 9.17) is 27.4 Å². The molecule has 0 radical (unpaired) electrons. The van der Waals surface area contributed by atoms with Crippen LogP contribution in [0.15, 0.2) is 54.6 Å². The third-order valence-corrected chi connectivity index (χ3v) is 4.31. The third-order valence-electron chi connectivity index (χ3n) is 3.00. The van der Waals surface area contributed by atoms with Gasteiger partial charge in [-0.3, -0.25) is 4.79 Å². The van der Waals surface area contributed by atoms with Crippen LogP contribution < -0.4 is 4.18 Å². The van der Waals surface area contributed by atoms with E-state index in [1.165, 1.54) is 24.3 Å². The first-order valence-electron chi connectivity index (χ1n) is 7.09. The summed E-state index contributed by atoms with van der Waals surface area (Å²) >= 11 is 12.0. The molecule has 4 nitrogen and oxygen atoms in total. The molecule has 130 valence electrons. The number of halogens is 2. The number of ketones is 1. The minimum absolute atomic E-state index is 0.149. The minimum Gasteiger partial charge on any atom is -0.382 e. The molecule has 25 heavy (non-hydrogen) atoms. The Morgan fingerprint density at radius 1 is 0.960 bits per heavy atom. The second-order valence-electron chi connectivity index (χ2n) is 5.04. The van der Waals surface area contributed by atoms with Crippen LogP contribution in [0.25, 0.3) is 12.2 Å². The van der Waals surface area contributed by atoms with Gasteiger partial charge >= 0.3 is 10.1 Å². The zero-order valence-corrected chi connectivity index (χ0v) is 15.5. The van der Waals surface area contributed by atoms with Crippen molar-refractivity contribution in [1.82, 2.24) is 0 Å². The summed E-state index contributed by atoms with van der Waals surface area (Å²) in [6.07, 6.45) is 6.64. The van der Waals surface area contributed by atoms with Gasteiger partial charge in [0, 0.05) is 5.56 Å².